The molecule has 0 spiro atoms. The van der Waals surface area contributed by atoms with Crippen LogP contribution in [0.4, 0.5) is 4.79 Å². The Labute approximate surface area is 134 Å². The van der Waals surface area contributed by atoms with Gasteiger partial charge in [0, 0.05) is 0 Å². The molecule has 23 heavy (non-hydrogen) atoms. The first-order chi connectivity index (χ1) is 10.7. The lowest BCUT2D eigenvalue weighted by Gasteiger charge is -2.19. The monoisotopic (exact) mass is 320 g/mol. The fraction of sp³-hybridized carbons (Fsp3) is 0.438. The molecule has 2 N–H and O–H groups in total. The summed E-state index contributed by atoms with van der Waals surface area (Å²) < 4.78 is 5.00. The maximum absolute atomic E-state index is 12.0. The van der Waals surface area contributed by atoms with E-state index in [0.29, 0.717) is 5.56 Å². The number of amides is 3. The van der Waals surface area contributed by atoms with Gasteiger partial charge < -0.3 is 15.2 Å². The highest BCUT2D eigenvalue weighted by molar-refractivity contribution is 6.06. The lowest BCUT2D eigenvalue weighted by atomic mass is 10.1. The van der Waals surface area contributed by atoms with Crippen LogP contribution in [0.3, 0.4) is 0 Å². The molecular weight excluding hydrogens is 300 g/mol. The summed E-state index contributed by atoms with van der Waals surface area (Å²) in [5.41, 5.74) is 0.400. The Morgan fingerprint density at radius 3 is 2.43 bits per heavy atom. The number of hydrogen-bond acceptors (Lipinski definition) is 5. The molecule has 1 saturated heterocycles. The number of hydrogen-bond donors (Lipinski definition) is 2. The van der Waals surface area contributed by atoms with Crippen molar-refractivity contribution in [2.45, 2.75) is 32.4 Å². The van der Waals surface area contributed by atoms with Gasteiger partial charge in [0.2, 0.25) is 0 Å². The van der Waals surface area contributed by atoms with Gasteiger partial charge in [0.25, 0.3) is 5.91 Å². The van der Waals surface area contributed by atoms with Gasteiger partial charge in [-0.2, -0.15) is 0 Å². The van der Waals surface area contributed by atoms with Crippen molar-refractivity contribution in [2.75, 3.05) is 13.2 Å². The number of aliphatic hydroxyl groups is 1. The van der Waals surface area contributed by atoms with E-state index >= 15 is 0 Å². The van der Waals surface area contributed by atoms with Gasteiger partial charge in [0.1, 0.15) is 18.2 Å². The van der Waals surface area contributed by atoms with Crippen molar-refractivity contribution in [3.8, 4) is 0 Å². The molecule has 1 fully saturated rings. The van der Waals surface area contributed by atoms with Crippen LogP contribution >= 0.6 is 0 Å². The minimum Gasteiger partial charge on any atom is -0.459 e. The Kier molecular flexibility index (Phi) is 4.70. The fourth-order valence-electron chi connectivity index (χ4n) is 2.19. The highest BCUT2D eigenvalue weighted by Gasteiger charge is 2.44. The van der Waals surface area contributed by atoms with E-state index in [1.165, 1.54) is 0 Å². The number of carbonyl (C=O) groups is 3. The lowest BCUT2D eigenvalue weighted by molar-refractivity contribution is -0.131. The van der Waals surface area contributed by atoms with Gasteiger partial charge in [-0.05, 0) is 32.9 Å². The summed E-state index contributed by atoms with van der Waals surface area (Å²) in [7, 11) is 0. The number of benzene rings is 1. The van der Waals surface area contributed by atoms with Gasteiger partial charge in [-0.1, -0.05) is 17.7 Å². The van der Waals surface area contributed by atoms with E-state index in [0.717, 1.165) is 10.5 Å². The number of esters is 1. The second-order valence-electron chi connectivity index (χ2n) is 6.09. The van der Waals surface area contributed by atoms with E-state index in [1.807, 2.05) is 6.92 Å². The van der Waals surface area contributed by atoms with Crippen LogP contribution in [0.25, 0.3) is 0 Å². The third-order valence-electron chi connectivity index (χ3n) is 3.53. The number of ether oxygens (including phenoxy) is 1. The first-order valence-corrected chi connectivity index (χ1v) is 7.26. The summed E-state index contributed by atoms with van der Waals surface area (Å²) in [5.74, 6) is -0.993. The summed E-state index contributed by atoms with van der Waals surface area (Å²) >= 11 is 0. The number of aryl methyl sites for hydroxylation is 1. The normalized spacial score (nSPS) is 17.8. The Morgan fingerprint density at radius 1 is 1.30 bits per heavy atom. The van der Waals surface area contributed by atoms with Crippen LogP contribution in [0, 0.1) is 6.92 Å². The molecular formula is C16H20N2O5. The van der Waals surface area contributed by atoms with Crippen LogP contribution < -0.4 is 5.32 Å². The number of β-amino-alcohol motifs (C(OH)–C–C–N with tert-alkyl or cyclic N) is 1. The SMILES string of the molecule is Cc1ccc(C(=O)OCC(O)CN2C(=O)NC(C)(C)C2=O)cc1. The molecule has 0 aliphatic carbocycles. The molecule has 124 valence electrons. The van der Waals surface area contributed by atoms with Gasteiger partial charge in [0.15, 0.2) is 0 Å². The van der Waals surface area contributed by atoms with Crippen molar-refractivity contribution in [2.24, 2.45) is 0 Å². The molecule has 0 saturated carbocycles. The van der Waals surface area contributed by atoms with Crippen molar-refractivity contribution >= 4 is 17.9 Å². The molecule has 0 aromatic heterocycles. The average Bonchev–Trinajstić information content (AvgIpc) is 2.67. The van der Waals surface area contributed by atoms with E-state index in [1.54, 1.807) is 38.1 Å². The minimum atomic E-state index is -1.15. The smallest absolute Gasteiger partial charge is 0.338 e. The maximum atomic E-state index is 12.0. The zero-order chi connectivity index (χ0) is 17.2. The van der Waals surface area contributed by atoms with Crippen molar-refractivity contribution in [1.29, 1.82) is 0 Å². The number of urea groups is 1. The first-order valence-electron chi connectivity index (χ1n) is 7.26. The Hall–Kier alpha value is -2.41. The van der Waals surface area contributed by atoms with Gasteiger partial charge in [0.05, 0.1) is 12.1 Å². The van der Waals surface area contributed by atoms with E-state index in [-0.39, 0.29) is 13.2 Å². The van der Waals surface area contributed by atoms with Crippen molar-refractivity contribution in [3.05, 3.63) is 35.4 Å². The number of nitrogens with zero attached hydrogens (tertiary/aromatic N) is 1. The molecule has 3 amide bonds. The Morgan fingerprint density at radius 2 is 1.91 bits per heavy atom. The maximum Gasteiger partial charge on any atom is 0.338 e. The number of aliphatic hydroxyl groups excluding tert-OH is 1. The summed E-state index contributed by atoms with van der Waals surface area (Å²) in [6.45, 7) is 4.53. The van der Waals surface area contributed by atoms with Gasteiger partial charge >= 0.3 is 12.0 Å². The minimum absolute atomic E-state index is 0.227. The molecule has 0 radical (unpaired) electrons. The average molecular weight is 320 g/mol. The molecule has 1 aromatic rings. The summed E-state index contributed by atoms with van der Waals surface area (Å²) in [4.78, 5) is 36.4. The zero-order valence-electron chi connectivity index (χ0n) is 13.3. The van der Waals surface area contributed by atoms with E-state index in [9.17, 15) is 19.5 Å². The van der Waals surface area contributed by atoms with Crippen LogP contribution in [0.15, 0.2) is 24.3 Å². The second kappa shape index (κ2) is 6.37. The highest BCUT2D eigenvalue weighted by atomic mass is 16.5. The predicted molar refractivity (Wildman–Crippen MR) is 81.8 cm³/mol. The molecule has 1 aliphatic rings. The Bertz CT molecular complexity index is 624. The number of nitrogens with one attached hydrogen (secondary N) is 1. The summed E-state index contributed by atoms with van der Waals surface area (Å²) in [5, 5.41) is 12.4. The molecule has 1 unspecified atom stereocenters. The molecule has 1 heterocycles. The number of carbonyl (C=O) groups excluding carboxylic acids is 3. The van der Waals surface area contributed by atoms with Crippen LogP contribution in [-0.2, 0) is 9.53 Å². The van der Waals surface area contributed by atoms with E-state index in [4.69, 9.17) is 4.74 Å². The number of rotatable bonds is 5. The molecule has 7 heteroatoms. The summed E-state index contributed by atoms with van der Waals surface area (Å²) in [6, 6.07) is 6.25. The van der Waals surface area contributed by atoms with Crippen LogP contribution in [-0.4, -0.2) is 52.7 Å². The zero-order valence-corrected chi connectivity index (χ0v) is 13.3. The second-order valence-corrected chi connectivity index (χ2v) is 6.09. The predicted octanol–water partition coefficient (Wildman–Crippen LogP) is 0.843. The topological polar surface area (TPSA) is 95.9 Å². The fourth-order valence-corrected chi connectivity index (χ4v) is 2.19. The molecule has 7 nitrogen and oxygen atoms in total. The molecule has 2 rings (SSSR count). The molecule has 1 atom stereocenters. The largest absolute Gasteiger partial charge is 0.459 e. The van der Waals surface area contributed by atoms with Crippen molar-refractivity contribution < 1.29 is 24.2 Å². The van der Waals surface area contributed by atoms with Crippen LogP contribution in [0.2, 0.25) is 0 Å². The van der Waals surface area contributed by atoms with Crippen LogP contribution in [0.1, 0.15) is 29.8 Å². The molecule has 1 aromatic carbocycles. The van der Waals surface area contributed by atoms with Crippen molar-refractivity contribution in [1.82, 2.24) is 10.2 Å². The third-order valence-corrected chi connectivity index (χ3v) is 3.53. The van der Waals surface area contributed by atoms with E-state index in [2.05, 4.69) is 5.32 Å². The van der Waals surface area contributed by atoms with Crippen LogP contribution in [0.5, 0.6) is 0 Å². The van der Waals surface area contributed by atoms with E-state index < -0.39 is 29.6 Å². The van der Waals surface area contributed by atoms with Crippen molar-refractivity contribution in [3.63, 3.8) is 0 Å². The third kappa shape index (κ3) is 3.87. The van der Waals surface area contributed by atoms with Gasteiger partial charge in [-0.15, -0.1) is 0 Å². The first kappa shape index (κ1) is 17.0. The summed E-state index contributed by atoms with van der Waals surface area (Å²) in [6.07, 6.45) is -1.15. The quantitative estimate of drug-likeness (QED) is 0.619. The highest BCUT2D eigenvalue weighted by Crippen LogP contribution is 2.16. The van der Waals surface area contributed by atoms with Gasteiger partial charge in [-0.3, -0.25) is 9.69 Å². The molecule has 1 aliphatic heterocycles. The Balaban J connectivity index is 1.87. The number of imide groups is 1. The standard InChI is InChI=1S/C16H20N2O5/c1-10-4-6-11(7-5-10)13(20)23-9-12(19)8-18-14(21)16(2,3)17-15(18)22/h4-7,12,19H,8-9H2,1-3H3,(H,17,22). The lowest BCUT2D eigenvalue weighted by Crippen LogP contribution is -2.42. The molecule has 0 bridgehead atoms. The van der Waals surface area contributed by atoms with Gasteiger partial charge in [-0.25, -0.2) is 9.59 Å².